The minimum Gasteiger partial charge on any atom is -0.370 e. The summed E-state index contributed by atoms with van der Waals surface area (Å²) in [6.45, 7) is 5.82. The molecule has 2 amide bonds. The number of piperazine rings is 1. The lowest BCUT2D eigenvalue weighted by molar-refractivity contribution is -0.149. The lowest BCUT2D eigenvalue weighted by Gasteiger charge is -2.47. The number of likely N-dealkylation sites (tertiary alicyclic amines) is 1. The number of carbonyl (C=O) groups excluding carboxylic acids is 3. The molecule has 0 radical (unpaired) electrons. The Morgan fingerprint density at radius 3 is 2.52 bits per heavy atom. The third-order valence-corrected chi connectivity index (χ3v) is 6.93. The summed E-state index contributed by atoms with van der Waals surface area (Å²) >= 11 is 0. The van der Waals surface area contributed by atoms with Crippen molar-refractivity contribution in [2.24, 2.45) is 17.6 Å². The van der Waals surface area contributed by atoms with Crippen molar-refractivity contribution in [3.05, 3.63) is 0 Å². The van der Waals surface area contributed by atoms with Gasteiger partial charge in [-0.15, -0.1) is 0 Å². The predicted molar refractivity (Wildman–Crippen MR) is 112 cm³/mol. The van der Waals surface area contributed by atoms with Crippen molar-refractivity contribution >= 4 is 18.1 Å². The number of aldehydes is 1. The Bertz CT molecular complexity index is 587. The standard InChI is InChI=1S/C22H38N4O3/c1-2-3-4-19-21(29)26(12-9-24-19)22(16-27,14-18-5-6-18)15-25-10-7-17(8-11-25)13-20(23)28/h16-19,24H,2-15H2,1H3,(H2,23,28)/t19-,22+/m0/s1. The number of hydrogen-bond acceptors (Lipinski definition) is 5. The molecule has 3 fully saturated rings. The first kappa shape index (κ1) is 22.2. The van der Waals surface area contributed by atoms with Gasteiger partial charge in [0.15, 0.2) is 0 Å². The molecule has 1 aliphatic carbocycles. The summed E-state index contributed by atoms with van der Waals surface area (Å²) in [6.07, 6.45) is 9.39. The minimum atomic E-state index is -0.721. The van der Waals surface area contributed by atoms with E-state index in [0.29, 0.717) is 31.3 Å². The highest BCUT2D eigenvalue weighted by Gasteiger charge is 2.47. The number of nitrogens with two attached hydrogens (primary N) is 1. The van der Waals surface area contributed by atoms with E-state index in [2.05, 4.69) is 17.1 Å². The molecule has 7 heteroatoms. The Hall–Kier alpha value is -1.47. The molecule has 0 bridgehead atoms. The SMILES string of the molecule is CCCC[C@@H]1NCCN([C@](C=O)(CC2CC2)CN2CCC(CC(N)=O)CC2)C1=O. The molecule has 0 aromatic heterocycles. The molecule has 29 heavy (non-hydrogen) atoms. The average molecular weight is 407 g/mol. The average Bonchev–Trinajstić information content (AvgIpc) is 3.51. The number of hydrogen-bond donors (Lipinski definition) is 2. The van der Waals surface area contributed by atoms with Crippen molar-refractivity contribution in [3.8, 4) is 0 Å². The van der Waals surface area contributed by atoms with E-state index in [4.69, 9.17) is 5.73 Å². The molecule has 164 valence electrons. The summed E-state index contributed by atoms with van der Waals surface area (Å²) in [7, 11) is 0. The molecule has 2 aliphatic heterocycles. The maximum Gasteiger partial charge on any atom is 0.240 e. The van der Waals surface area contributed by atoms with E-state index < -0.39 is 5.54 Å². The third kappa shape index (κ3) is 5.79. The van der Waals surface area contributed by atoms with Gasteiger partial charge in [0, 0.05) is 26.1 Å². The largest absolute Gasteiger partial charge is 0.370 e. The summed E-state index contributed by atoms with van der Waals surface area (Å²) in [6, 6.07) is -0.163. The Morgan fingerprint density at radius 2 is 1.93 bits per heavy atom. The van der Waals surface area contributed by atoms with Crippen LogP contribution in [0.1, 0.15) is 64.7 Å². The first-order valence-electron chi connectivity index (χ1n) is 11.5. The van der Waals surface area contributed by atoms with Crippen LogP contribution in [0.5, 0.6) is 0 Å². The first-order valence-corrected chi connectivity index (χ1v) is 11.5. The van der Waals surface area contributed by atoms with Gasteiger partial charge in [-0.1, -0.05) is 32.6 Å². The van der Waals surface area contributed by atoms with Crippen molar-refractivity contribution < 1.29 is 14.4 Å². The fraction of sp³-hybridized carbons (Fsp3) is 0.864. The summed E-state index contributed by atoms with van der Waals surface area (Å²) in [5.74, 6) is 0.770. The molecule has 3 rings (SSSR count). The highest BCUT2D eigenvalue weighted by molar-refractivity contribution is 5.87. The van der Waals surface area contributed by atoms with Crippen LogP contribution in [0.3, 0.4) is 0 Å². The van der Waals surface area contributed by atoms with E-state index >= 15 is 0 Å². The van der Waals surface area contributed by atoms with E-state index in [1.54, 1.807) is 0 Å². The van der Waals surface area contributed by atoms with Gasteiger partial charge < -0.3 is 25.6 Å². The lowest BCUT2D eigenvalue weighted by atomic mass is 9.87. The molecular weight excluding hydrogens is 368 g/mol. The van der Waals surface area contributed by atoms with Crippen LogP contribution in [0.2, 0.25) is 0 Å². The van der Waals surface area contributed by atoms with Gasteiger partial charge in [-0.05, 0) is 50.6 Å². The molecule has 0 spiro atoms. The number of carbonyl (C=O) groups is 3. The van der Waals surface area contributed by atoms with Crippen LogP contribution in [-0.2, 0) is 14.4 Å². The maximum atomic E-state index is 13.3. The summed E-state index contributed by atoms with van der Waals surface area (Å²) in [4.78, 5) is 41.3. The van der Waals surface area contributed by atoms with Crippen molar-refractivity contribution in [2.45, 2.75) is 76.3 Å². The molecular formula is C22H38N4O3. The molecule has 1 saturated carbocycles. The van der Waals surface area contributed by atoms with Crippen LogP contribution >= 0.6 is 0 Å². The third-order valence-electron chi connectivity index (χ3n) is 6.93. The van der Waals surface area contributed by atoms with Crippen LogP contribution in [0.15, 0.2) is 0 Å². The van der Waals surface area contributed by atoms with Crippen molar-refractivity contribution in [2.75, 3.05) is 32.7 Å². The van der Waals surface area contributed by atoms with Crippen LogP contribution in [0.4, 0.5) is 0 Å². The monoisotopic (exact) mass is 406 g/mol. The molecule has 2 atom stereocenters. The first-order chi connectivity index (χ1) is 14.0. The number of rotatable bonds is 11. The smallest absolute Gasteiger partial charge is 0.240 e. The highest BCUT2D eigenvalue weighted by Crippen LogP contribution is 2.39. The van der Waals surface area contributed by atoms with Crippen LogP contribution < -0.4 is 11.1 Å². The van der Waals surface area contributed by atoms with Crippen molar-refractivity contribution in [1.29, 1.82) is 0 Å². The van der Waals surface area contributed by atoms with Gasteiger partial charge in [0.25, 0.3) is 0 Å². The van der Waals surface area contributed by atoms with Gasteiger partial charge in [-0.2, -0.15) is 0 Å². The topological polar surface area (TPSA) is 95.7 Å². The minimum absolute atomic E-state index is 0.0982. The van der Waals surface area contributed by atoms with Crippen LogP contribution in [-0.4, -0.2) is 72.2 Å². The van der Waals surface area contributed by atoms with Crippen molar-refractivity contribution in [3.63, 3.8) is 0 Å². The fourth-order valence-corrected chi connectivity index (χ4v) is 5.06. The van der Waals surface area contributed by atoms with Gasteiger partial charge in [0.1, 0.15) is 11.8 Å². The van der Waals surface area contributed by atoms with Crippen molar-refractivity contribution in [1.82, 2.24) is 15.1 Å². The number of nitrogens with one attached hydrogen (secondary N) is 1. The second kappa shape index (κ2) is 10.0. The second-order valence-electron chi connectivity index (χ2n) is 9.40. The number of piperidine rings is 1. The number of primary amides is 1. The van der Waals surface area contributed by atoms with Gasteiger partial charge in [-0.3, -0.25) is 9.59 Å². The van der Waals surface area contributed by atoms with Gasteiger partial charge in [0.05, 0.1) is 6.04 Å². The van der Waals surface area contributed by atoms with Gasteiger partial charge >= 0.3 is 0 Å². The molecule has 0 aromatic rings. The molecule has 0 unspecified atom stereocenters. The zero-order valence-corrected chi connectivity index (χ0v) is 17.9. The summed E-state index contributed by atoms with van der Waals surface area (Å²) in [5.41, 5.74) is 4.63. The summed E-state index contributed by atoms with van der Waals surface area (Å²) < 4.78 is 0. The maximum absolute atomic E-state index is 13.3. The number of unbranched alkanes of at least 4 members (excludes halogenated alkanes) is 1. The molecule has 3 aliphatic rings. The van der Waals surface area contributed by atoms with E-state index in [0.717, 1.165) is 77.3 Å². The Kier molecular flexibility index (Phi) is 7.68. The van der Waals surface area contributed by atoms with Crippen LogP contribution in [0, 0.1) is 11.8 Å². The van der Waals surface area contributed by atoms with Gasteiger partial charge in [-0.25, -0.2) is 0 Å². The molecule has 0 aromatic carbocycles. The lowest BCUT2D eigenvalue weighted by Crippen LogP contribution is -2.67. The van der Waals surface area contributed by atoms with E-state index in [1.165, 1.54) is 0 Å². The molecule has 2 saturated heterocycles. The predicted octanol–water partition coefficient (Wildman–Crippen LogP) is 1.30. The summed E-state index contributed by atoms with van der Waals surface area (Å²) in [5, 5.41) is 3.36. The van der Waals surface area contributed by atoms with E-state index in [1.807, 2.05) is 4.90 Å². The van der Waals surface area contributed by atoms with Gasteiger partial charge in [0.2, 0.25) is 11.8 Å². The van der Waals surface area contributed by atoms with Crippen LogP contribution in [0.25, 0.3) is 0 Å². The second-order valence-corrected chi connectivity index (χ2v) is 9.40. The van der Waals surface area contributed by atoms with E-state index in [-0.39, 0.29) is 17.9 Å². The highest BCUT2D eigenvalue weighted by atomic mass is 16.2. The molecule has 3 N–H and O–H groups in total. The Labute approximate surface area is 174 Å². The number of amides is 2. The zero-order valence-electron chi connectivity index (χ0n) is 17.9. The molecule has 7 nitrogen and oxygen atoms in total. The Morgan fingerprint density at radius 1 is 1.21 bits per heavy atom. The normalized spacial score (nSPS) is 26.3. The zero-order chi connectivity index (χ0) is 20.9. The molecule has 2 heterocycles. The number of nitrogens with zero attached hydrogens (tertiary/aromatic N) is 2. The fourth-order valence-electron chi connectivity index (χ4n) is 5.06. The van der Waals surface area contributed by atoms with E-state index in [9.17, 15) is 14.4 Å². The quantitative estimate of drug-likeness (QED) is 0.504. The Balaban J connectivity index is 1.69.